The molecule has 0 amide bonds. The molecule has 0 aromatic rings. The Hall–Kier alpha value is -0.0400. The van der Waals surface area contributed by atoms with E-state index in [1.165, 1.54) is 12.8 Å². The minimum atomic E-state index is 0.994. The lowest BCUT2D eigenvalue weighted by atomic mass is 10.0. The van der Waals surface area contributed by atoms with E-state index in [-0.39, 0.29) is 0 Å². The molecule has 2 aliphatic carbocycles. The third-order valence-corrected chi connectivity index (χ3v) is 3.19. The van der Waals surface area contributed by atoms with E-state index in [4.69, 9.17) is 0 Å². The van der Waals surface area contributed by atoms with Gasteiger partial charge in [0.15, 0.2) is 0 Å². The summed E-state index contributed by atoms with van der Waals surface area (Å²) in [6.45, 7) is 0. The van der Waals surface area contributed by atoms with Crippen LogP contribution in [-0.2, 0) is 0 Å². The van der Waals surface area contributed by atoms with Gasteiger partial charge in [-0.1, -0.05) is 0 Å². The highest BCUT2D eigenvalue weighted by Crippen LogP contribution is 2.51. The molecule has 1 heterocycles. The second kappa shape index (κ2) is 0.971. The van der Waals surface area contributed by atoms with Crippen LogP contribution < -0.4 is 5.32 Å². The minimum absolute atomic E-state index is 0.994. The van der Waals surface area contributed by atoms with Crippen molar-refractivity contribution in [1.29, 1.82) is 0 Å². The molecule has 8 heavy (non-hydrogen) atoms. The normalized spacial score (nSPS) is 66.0. The van der Waals surface area contributed by atoms with E-state index in [2.05, 4.69) is 5.32 Å². The molecule has 44 valence electrons. The second-order valence-electron chi connectivity index (χ2n) is 3.55. The Morgan fingerprint density at radius 1 is 1.00 bits per heavy atom. The molecule has 0 aromatic carbocycles. The number of fused-ring (bicyclic) bond motifs is 5. The molecule has 1 saturated heterocycles. The van der Waals surface area contributed by atoms with Crippen molar-refractivity contribution in [1.82, 2.24) is 5.32 Å². The zero-order chi connectivity index (χ0) is 5.14. The first-order valence-corrected chi connectivity index (χ1v) is 3.71. The van der Waals surface area contributed by atoms with Gasteiger partial charge in [0.25, 0.3) is 0 Å². The van der Waals surface area contributed by atoms with Gasteiger partial charge in [-0.3, -0.25) is 0 Å². The third-order valence-electron chi connectivity index (χ3n) is 3.19. The van der Waals surface area contributed by atoms with Crippen molar-refractivity contribution in [2.24, 2.45) is 11.8 Å². The first-order valence-electron chi connectivity index (χ1n) is 3.71. The Bertz CT molecular complexity index is 118. The molecular formula is C7H11N. The maximum atomic E-state index is 3.53. The molecule has 3 rings (SSSR count). The van der Waals surface area contributed by atoms with Crippen molar-refractivity contribution in [2.45, 2.75) is 31.3 Å². The molecule has 4 atom stereocenters. The summed E-state index contributed by atoms with van der Waals surface area (Å²) >= 11 is 0. The average Bonchev–Trinajstić information content (AvgIpc) is 2.39. The lowest BCUT2D eigenvalue weighted by Gasteiger charge is -2.02. The van der Waals surface area contributed by atoms with Gasteiger partial charge in [0.2, 0.25) is 0 Å². The summed E-state index contributed by atoms with van der Waals surface area (Å²) in [6.07, 6.45) is 4.61. The first-order chi connectivity index (χ1) is 3.95. The van der Waals surface area contributed by atoms with Gasteiger partial charge >= 0.3 is 0 Å². The van der Waals surface area contributed by atoms with Crippen molar-refractivity contribution in [3.63, 3.8) is 0 Å². The van der Waals surface area contributed by atoms with Crippen LogP contribution in [0.25, 0.3) is 0 Å². The third kappa shape index (κ3) is 0.278. The second-order valence-corrected chi connectivity index (χ2v) is 3.55. The molecule has 3 aliphatic rings. The number of nitrogens with one attached hydrogen (secondary N) is 1. The van der Waals surface area contributed by atoms with Crippen LogP contribution >= 0.6 is 0 Å². The summed E-state index contributed by atoms with van der Waals surface area (Å²) in [5.41, 5.74) is 0. The van der Waals surface area contributed by atoms with Crippen LogP contribution in [0.5, 0.6) is 0 Å². The Kier molecular flexibility index (Phi) is 0.472. The van der Waals surface area contributed by atoms with Crippen molar-refractivity contribution in [3.05, 3.63) is 0 Å². The fourth-order valence-electron chi connectivity index (χ4n) is 2.73. The molecule has 0 spiro atoms. The molecule has 0 aromatic heterocycles. The Balaban J connectivity index is 2.02. The van der Waals surface area contributed by atoms with Crippen molar-refractivity contribution in [3.8, 4) is 0 Å². The first kappa shape index (κ1) is 3.89. The average molecular weight is 109 g/mol. The molecule has 0 radical (unpaired) electrons. The van der Waals surface area contributed by atoms with E-state index in [1.807, 2.05) is 0 Å². The van der Waals surface area contributed by atoms with Crippen molar-refractivity contribution < 1.29 is 0 Å². The fraction of sp³-hybridized carbons (Fsp3) is 1.00. The standard InChI is InChI=1S/C7H11N/c1-2-5-3-4(1)6-7(5)8-6/h4-8H,1-3H2/t4-,5+,6-,7+. The number of hydrogen-bond donors (Lipinski definition) is 1. The maximum Gasteiger partial charge on any atom is 0.0255 e. The van der Waals surface area contributed by atoms with Gasteiger partial charge in [-0.25, -0.2) is 0 Å². The van der Waals surface area contributed by atoms with Gasteiger partial charge < -0.3 is 5.32 Å². The molecule has 1 N–H and O–H groups in total. The Morgan fingerprint density at radius 2 is 1.62 bits per heavy atom. The summed E-state index contributed by atoms with van der Waals surface area (Å²) in [5.74, 6) is 2.20. The van der Waals surface area contributed by atoms with Crippen LogP contribution in [0.4, 0.5) is 0 Å². The smallest absolute Gasteiger partial charge is 0.0255 e. The van der Waals surface area contributed by atoms with Crippen LogP contribution in [-0.4, -0.2) is 12.1 Å². The topological polar surface area (TPSA) is 21.9 Å². The number of rotatable bonds is 0. The summed E-state index contributed by atoms with van der Waals surface area (Å²) in [5, 5.41) is 3.53. The van der Waals surface area contributed by atoms with Gasteiger partial charge in [0, 0.05) is 12.1 Å². The maximum absolute atomic E-state index is 3.53. The van der Waals surface area contributed by atoms with Crippen molar-refractivity contribution in [2.75, 3.05) is 0 Å². The Labute approximate surface area is 49.5 Å². The predicted octanol–water partition coefficient (Wildman–Crippen LogP) is 0.757. The lowest BCUT2D eigenvalue weighted by Crippen LogP contribution is -2.04. The highest BCUT2D eigenvalue weighted by molar-refractivity contribution is 5.15. The molecule has 0 unspecified atom stereocenters. The van der Waals surface area contributed by atoms with E-state index >= 15 is 0 Å². The van der Waals surface area contributed by atoms with Gasteiger partial charge in [0.05, 0.1) is 0 Å². The number of hydrogen-bond acceptors (Lipinski definition) is 1. The van der Waals surface area contributed by atoms with E-state index in [1.54, 1.807) is 6.42 Å². The lowest BCUT2D eigenvalue weighted by molar-refractivity contribution is 0.546. The molecule has 1 aliphatic heterocycles. The largest absolute Gasteiger partial charge is 0.308 e. The highest BCUT2D eigenvalue weighted by Gasteiger charge is 2.56. The van der Waals surface area contributed by atoms with E-state index in [0.717, 1.165) is 23.9 Å². The Morgan fingerprint density at radius 3 is 2.00 bits per heavy atom. The van der Waals surface area contributed by atoms with Gasteiger partial charge in [0.1, 0.15) is 0 Å². The van der Waals surface area contributed by atoms with Crippen LogP contribution in [0.3, 0.4) is 0 Å². The zero-order valence-corrected chi connectivity index (χ0v) is 4.93. The summed E-state index contributed by atoms with van der Waals surface area (Å²) in [4.78, 5) is 0. The minimum Gasteiger partial charge on any atom is -0.308 e. The predicted molar refractivity (Wildman–Crippen MR) is 31.5 cm³/mol. The molecule has 2 saturated carbocycles. The quantitative estimate of drug-likeness (QED) is 0.456. The molecule has 1 heteroatoms. The van der Waals surface area contributed by atoms with Crippen LogP contribution in [0.15, 0.2) is 0 Å². The van der Waals surface area contributed by atoms with Crippen molar-refractivity contribution >= 4 is 0 Å². The van der Waals surface area contributed by atoms with Gasteiger partial charge in [-0.2, -0.15) is 0 Å². The molecular weight excluding hydrogens is 98.1 g/mol. The molecule has 3 fully saturated rings. The SMILES string of the molecule is C1C[C@H]2C[C@@H]1[C@H]1N[C@@H]21. The van der Waals surface area contributed by atoms with Gasteiger partial charge in [-0.05, 0) is 31.1 Å². The fourth-order valence-corrected chi connectivity index (χ4v) is 2.73. The summed E-state index contributed by atoms with van der Waals surface area (Å²) < 4.78 is 0. The van der Waals surface area contributed by atoms with Crippen LogP contribution in [0.2, 0.25) is 0 Å². The highest BCUT2D eigenvalue weighted by atomic mass is 15.2. The zero-order valence-electron chi connectivity index (χ0n) is 4.93. The monoisotopic (exact) mass is 109 g/mol. The molecule has 1 nitrogen and oxygen atoms in total. The number of piperidine rings is 1. The van der Waals surface area contributed by atoms with E-state index in [9.17, 15) is 0 Å². The van der Waals surface area contributed by atoms with Crippen LogP contribution in [0, 0.1) is 11.8 Å². The summed E-state index contributed by atoms with van der Waals surface area (Å²) in [7, 11) is 0. The summed E-state index contributed by atoms with van der Waals surface area (Å²) in [6, 6.07) is 1.99. The molecule has 2 bridgehead atoms. The van der Waals surface area contributed by atoms with Crippen LogP contribution in [0.1, 0.15) is 19.3 Å². The van der Waals surface area contributed by atoms with Gasteiger partial charge in [-0.15, -0.1) is 0 Å². The van der Waals surface area contributed by atoms with E-state index < -0.39 is 0 Å². The van der Waals surface area contributed by atoms with E-state index in [0.29, 0.717) is 0 Å².